The van der Waals surface area contributed by atoms with Gasteiger partial charge in [0.2, 0.25) is 5.91 Å². The second-order valence-electron chi connectivity index (χ2n) is 9.30. The summed E-state index contributed by atoms with van der Waals surface area (Å²) in [6.07, 6.45) is 1.98. The molecule has 14 heteroatoms. The summed E-state index contributed by atoms with van der Waals surface area (Å²) in [4.78, 5) is 45.0. The zero-order chi connectivity index (χ0) is 30.3. The molecular weight excluding hydrogens is 595 g/mol. The Labute approximate surface area is 247 Å². The van der Waals surface area contributed by atoms with Gasteiger partial charge in [-0.05, 0) is 85.7 Å². The summed E-state index contributed by atoms with van der Waals surface area (Å²) < 4.78 is 31.7. The van der Waals surface area contributed by atoms with Crippen LogP contribution in [0.2, 0.25) is 5.02 Å². The molecule has 2 aromatic carbocycles. The van der Waals surface area contributed by atoms with E-state index in [2.05, 4.69) is 25.5 Å². The minimum atomic E-state index is -5.08. The second kappa shape index (κ2) is 13.8. The largest absolute Gasteiger partial charge is 0.490 e. The molecule has 2 amide bonds. The SMILES string of the molecule is O=C(CN1CCCCC1)Nc1ccc(Cl)c(NC2=NC(=O)C(=Cc3ccc4ncccc4c3)S2)c1.O=C(O)C(F)(F)F. The Morgan fingerprint density at radius 3 is 2.55 bits per heavy atom. The van der Waals surface area contributed by atoms with Crippen LogP contribution in [0, 0.1) is 0 Å². The van der Waals surface area contributed by atoms with Gasteiger partial charge in [-0.1, -0.05) is 30.2 Å². The number of thioether (sulfide) groups is 1. The number of aliphatic carboxylic acids is 1. The molecule has 1 saturated heterocycles. The molecule has 9 nitrogen and oxygen atoms in total. The molecule has 0 bridgehead atoms. The number of hydrogen-bond donors (Lipinski definition) is 3. The third kappa shape index (κ3) is 8.78. The van der Waals surface area contributed by atoms with Crippen molar-refractivity contribution in [2.24, 2.45) is 4.99 Å². The van der Waals surface area contributed by atoms with Crippen LogP contribution >= 0.6 is 23.4 Å². The van der Waals surface area contributed by atoms with Gasteiger partial charge in [0.25, 0.3) is 5.91 Å². The molecule has 220 valence electrons. The second-order valence-corrected chi connectivity index (χ2v) is 10.7. The lowest BCUT2D eigenvalue weighted by Gasteiger charge is -2.25. The molecule has 1 aromatic heterocycles. The maximum Gasteiger partial charge on any atom is 0.490 e. The molecule has 2 aliphatic rings. The summed E-state index contributed by atoms with van der Waals surface area (Å²) in [5.74, 6) is -3.13. The monoisotopic (exact) mass is 619 g/mol. The first-order chi connectivity index (χ1) is 20.0. The van der Waals surface area contributed by atoms with Gasteiger partial charge in [-0.15, -0.1) is 0 Å². The van der Waals surface area contributed by atoms with E-state index in [1.165, 1.54) is 18.2 Å². The van der Waals surface area contributed by atoms with E-state index in [1.807, 2.05) is 36.4 Å². The summed E-state index contributed by atoms with van der Waals surface area (Å²) >= 11 is 7.62. The first-order valence-electron chi connectivity index (χ1n) is 12.7. The van der Waals surface area contributed by atoms with Crippen LogP contribution in [0.5, 0.6) is 0 Å². The van der Waals surface area contributed by atoms with Crippen LogP contribution in [-0.4, -0.2) is 63.8 Å². The lowest BCUT2D eigenvalue weighted by Crippen LogP contribution is -2.36. The lowest BCUT2D eigenvalue weighted by atomic mass is 10.1. The Hall–Kier alpha value is -3.94. The standard InChI is InChI=1S/C26H24ClN5O2S.C2HF3O2/c27-20-8-7-19(29-24(33)16-32-11-2-1-3-12-32)15-22(20)30-26-31-25(34)23(35-26)14-17-6-9-21-18(13-17)5-4-10-28-21;3-2(4,5)1(6)7/h4-10,13-15H,1-3,11-12,16H2,(H,29,33)(H,30,31,34);(H,6,7). The number of aliphatic imine (C=N–C) groups is 1. The fourth-order valence-corrected chi connectivity index (χ4v) is 5.12. The molecule has 42 heavy (non-hydrogen) atoms. The predicted octanol–water partition coefficient (Wildman–Crippen LogP) is 6.03. The fraction of sp³-hybridized carbons (Fsp3) is 0.250. The van der Waals surface area contributed by atoms with Crippen molar-refractivity contribution in [3.8, 4) is 0 Å². The zero-order valence-electron chi connectivity index (χ0n) is 21.9. The van der Waals surface area contributed by atoms with Gasteiger partial charge in [0.05, 0.1) is 27.7 Å². The highest BCUT2D eigenvalue weighted by Crippen LogP contribution is 2.32. The molecule has 1 fully saturated rings. The first-order valence-corrected chi connectivity index (χ1v) is 13.9. The quantitative estimate of drug-likeness (QED) is 0.296. The van der Waals surface area contributed by atoms with Crippen molar-refractivity contribution in [3.05, 3.63) is 70.2 Å². The molecule has 0 saturated carbocycles. The number of benzene rings is 2. The van der Waals surface area contributed by atoms with Crippen molar-refractivity contribution in [1.29, 1.82) is 0 Å². The number of carbonyl (C=O) groups excluding carboxylic acids is 2. The Bertz CT molecular complexity index is 1560. The third-order valence-electron chi connectivity index (χ3n) is 6.10. The number of carboxylic acid groups (broad SMARTS) is 1. The molecule has 0 atom stereocenters. The molecule has 0 radical (unpaired) electrons. The number of nitrogens with one attached hydrogen (secondary N) is 2. The zero-order valence-corrected chi connectivity index (χ0v) is 23.5. The molecule has 0 spiro atoms. The van der Waals surface area contributed by atoms with Crippen molar-refractivity contribution in [2.45, 2.75) is 25.4 Å². The van der Waals surface area contributed by atoms with E-state index in [1.54, 1.807) is 24.4 Å². The average molecular weight is 620 g/mol. The fourth-order valence-electron chi connectivity index (χ4n) is 4.13. The predicted molar refractivity (Wildman–Crippen MR) is 157 cm³/mol. The van der Waals surface area contributed by atoms with Gasteiger partial charge in [-0.3, -0.25) is 19.5 Å². The molecule has 3 heterocycles. The number of piperidine rings is 1. The van der Waals surface area contributed by atoms with E-state index < -0.39 is 12.1 Å². The van der Waals surface area contributed by atoms with Crippen molar-refractivity contribution in [3.63, 3.8) is 0 Å². The molecule has 2 aliphatic heterocycles. The van der Waals surface area contributed by atoms with E-state index in [-0.39, 0.29) is 11.8 Å². The van der Waals surface area contributed by atoms with Gasteiger partial charge >= 0.3 is 12.1 Å². The highest BCUT2D eigenvalue weighted by atomic mass is 35.5. The van der Waals surface area contributed by atoms with E-state index in [9.17, 15) is 22.8 Å². The normalized spacial score (nSPS) is 16.5. The minimum Gasteiger partial charge on any atom is -0.475 e. The molecule has 5 rings (SSSR count). The highest BCUT2D eigenvalue weighted by Gasteiger charge is 2.38. The Balaban J connectivity index is 0.000000517. The van der Waals surface area contributed by atoms with Gasteiger partial charge in [-0.2, -0.15) is 18.2 Å². The minimum absolute atomic E-state index is 0.0567. The Kier molecular flexibility index (Phi) is 10.2. The van der Waals surface area contributed by atoms with Crippen molar-refractivity contribution < 1.29 is 32.7 Å². The van der Waals surface area contributed by atoms with Gasteiger partial charge in [0.15, 0.2) is 5.17 Å². The summed E-state index contributed by atoms with van der Waals surface area (Å²) in [5.41, 5.74) is 3.00. The van der Waals surface area contributed by atoms with Gasteiger partial charge in [0, 0.05) is 17.3 Å². The molecular formula is C28H25ClF3N5O4S. The number of aromatic nitrogens is 1. The molecule has 0 aliphatic carbocycles. The van der Waals surface area contributed by atoms with E-state index in [0.29, 0.717) is 33.0 Å². The number of likely N-dealkylation sites (tertiary alicyclic amines) is 1. The van der Waals surface area contributed by atoms with Gasteiger partial charge in [-0.25, -0.2) is 4.79 Å². The smallest absolute Gasteiger partial charge is 0.475 e. The number of amidine groups is 1. The maximum absolute atomic E-state index is 12.5. The molecule has 0 unspecified atom stereocenters. The lowest BCUT2D eigenvalue weighted by molar-refractivity contribution is -0.192. The number of alkyl halides is 3. The number of carbonyl (C=O) groups is 3. The number of fused-ring (bicyclic) bond motifs is 1. The van der Waals surface area contributed by atoms with Crippen LogP contribution in [0.25, 0.3) is 17.0 Å². The summed E-state index contributed by atoms with van der Waals surface area (Å²) in [5, 5.41) is 15.1. The van der Waals surface area contributed by atoms with E-state index in [4.69, 9.17) is 21.5 Å². The van der Waals surface area contributed by atoms with Crippen molar-refractivity contribution in [2.75, 3.05) is 30.3 Å². The maximum atomic E-state index is 12.5. The first kappa shape index (κ1) is 31.0. The number of nitrogens with zero attached hydrogens (tertiary/aromatic N) is 3. The summed E-state index contributed by atoms with van der Waals surface area (Å²) in [6.45, 7) is 2.29. The van der Waals surface area contributed by atoms with Crippen LogP contribution in [-0.2, 0) is 14.4 Å². The third-order valence-corrected chi connectivity index (χ3v) is 7.32. The average Bonchev–Trinajstić information content (AvgIpc) is 3.28. The van der Waals surface area contributed by atoms with Crippen LogP contribution in [0.15, 0.2) is 64.6 Å². The highest BCUT2D eigenvalue weighted by molar-refractivity contribution is 8.18. The topological polar surface area (TPSA) is 124 Å². The van der Waals surface area contributed by atoms with Crippen molar-refractivity contribution in [1.82, 2.24) is 9.88 Å². The number of rotatable bonds is 5. The Morgan fingerprint density at radius 2 is 1.83 bits per heavy atom. The summed E-state index contributed by atoms with van der Waals surface area (Å²) in [6, 6.07) is 14.9. The number of amides is 2. The summed E-state index contributed by atoms with van der Waals surface area (Å²) in [7, 11) is 0. The van der Waals surface area contributed by atoms with Crippen molar-refractivity contribution >= 4 is 74.7 Å². The number of anilines is 2. The molecule has 3 aromatic rings. The van der Waals surface area contributed by atoms with Crippen LogP contribution < -0.4 is 10.6 Å². The Morgan fingerprint density at radius 1 is 1.10 bits per heavy atom. The van der Waals surface area contributed by atoms with Crippen LogP contribution in [0.1, 0.15) is 24.8 Å². The molecule has 3 N–H and O–H groups in total. The van der Waals surface area contributed by atoms with Crippen LogP contribution in [0.4, 0.5) is 24.5 Å². The van der Waals surface area contributed by atoms with Gasteiger partial charge in [0.1, 0.15) is 0 Å². The van der Waals surface area contributed by atoms with E-state index in [0.717, 1.165) is 42.4 Å². The number of carboxylic acids is 1. The van der Waals surface area contributed by atoms with Crippen LogP contribution in [0.3, 0.4) is 0 Å². The van der Waals surface area contributed by atoms with Gasteiger partial charge < -0.3 is 15.7 Å². The number of halogens is 4. The van der Waals surface area contributed by atoms with E-state index >= 15 is 0 Å². The number of pyridine rings is 1. The number of hydrogen-bond acceptors (Lipinski definition) is 7.